The van der Waals surface area contributed by atoms with Crippen LogP contribution >= 0.6 is 15.9 Å². The van der Waals surface area contributed by atoms with Gasteiger partial charge in [0.15, 0.2) is 12.7 Å². The Kier molecular flexibility index (Phi) is 6.74. The minimum absolute atomic E-state index is 0.203. The molecule has 2 amide bonds. The number of nitrogens with one attached hydrogen (secondary N) is 2. The molecule has 24 heavy (non-hydrogen) atoms. The second-order valence-electron chi connectivity index (χ2n) is 5.39. The number of halogens is 1. The van der Waals surface area contributed by atoms with Gasteiger partial charge in [0, 0.05) is 16.8 Å². The number of carbonyl (C=O) groups is 3. The molecule has 2 rings (SSSR count). The minimum Gasteiger partial charge on any atom is -0.454 e. The quantitative estimate of drug-likeness (QED) is 0.708. The second kappa shape index (κ2) is 8.79. The van der Waals surface area contributed by atoms with Gasteiger partial charge in [0.05, 0.1) is 6.54 Å². The van der Waals surface area contributed by atoms with Crippen LogP contribution in [-0.2, 0) is 23.9 Å². The maximum absolute atomic E-state index is 11.8. The monoisotopic (exact) mass is 398 g/mol. The van der Waals surface area contributed by atoms with Crippen LogP contribution in [0.25, 0.3) is 0 Å². The van der Waals surface area contributed by atoms with E-state index in [-0.39, 0.29) is 12.5 Å². The normalized spacial score (nSPS) is 16.5. The van der Waals surface area contributed by atoms with Crippen LogP contribution in [0.4, 0.5) is 5.69 Å². The van der Waals surface area contributed by atoms with Gasteiger partial charge in [0.1, 0.15) is 0 Å². The van der Waals surface area contributed by atoms with E-state index in [2.05, 4.69) is 26.6 Å². The summed E-state index contributed by atoms with van der Waals surface area (Å²) in [7, 11) is 0. The molecule has 1 aliphatic heterocycles. The van der Waals surface area contributed by atoms with Crippen LogP contribution in [0.1, 0.15) is 18.4 Å². The summed E-state index contributed by atoms with van der Waals surface area (Å²) in [6.45, 7) is 1.76. The number of anilines is 1. The molecule has 130 valence electrons. The Balaban J connectivity index is 1.69. The van der Waals surface area contributed by atoms with Crippen molar-refractivity contribution >= 4 is 39.4 Å². The Labute approximate surface area is 148 Å². The summed E-state index contributed by atoms with van der Waals surface area (Å²) >= 11 is 3.35. The summed E-state index contributed by atoms with van der Waals surface area (Å²) in [5.74, 6) is -1.44. The van der Waals surface area contributed by atoms with E-state index in [1.54, 1.807) is 6.07 Å². The van der Waals surface area contributed by atoms with E-state index < -0.39 is 24.6 Å². The smallest absolute Gasteiger partial charge is 0.335 e. The predicted molar refractivity (Wildman–Crippen MR) is 90.5 cm³/mol. The fourth-order valence-electron chi connectivity index (χ4n) is 2.18. The molecule has 0 radical (unpaired) electrons. The first-order valence-corrected chi connectivity index (χ1v) is 8.36. The fraction of sp³-hybridized carbons (Fsp3) is 0.438. The maximum atomic E-state index is 11.8. The Morgan fingerprint density at radius 2 is 2.12 bits per heavy atom. The molecule has 1 aromatic carbocycles. The lowest BCUT2D eigenvalue weighted by atomic mass is 10.2. The van der Waals surface area contributed by atoms with Gasteiger partial charge in [-0.25, -0.2) is 4.79 Å². The maximum Gasteiger partial charge on any atom is 0.335 e. The summed E-state index contributed by atoms with van der Waals surface area (Å²) in [4.78, 5) is 35.0. The van der Waals surface area contributed by atoms with Crippen molar-refractivity contribution in [1.82, 2.24) is 5.32 Å². The van der Waals surface area contributed by atoms with E-state index in [4.69, 9.17) is 9.47 Å². The number of hydrogen-bond donors (Lipinski definition) is 2. The first kappa shape index (κ1) is 18.4. The second-order valence-corrected chi connectivity index (χ2v) is 6.31. The largest absolute Gasteiger partial charge is 0.454 e. The zero-order chi connectivity index (χ0) is 17.5. The molecule has 1 saturated heterocycles. The number of esters is 1. The van der Waals surface area contributed by atoms with E-state index in [0.29, 0.717) is 18.7 Å². The van der Waals surface area contributed by atoms with Crippen molar-refractivity contribution in [3.8, 4) is 0 Å². The molecular formula is C16H19BrN2O5. The molecule has 0 saturated carbocycles. The average Bonchev–Trinajstić information content (AvgIpc) is 3.08. The number of aryl methyl sites for hydroxylation is 1. The third kappa shape index (κ3) is 5.61. The van der Waals surface area contributed by atoms with Crippen molar-refractivity contribution in [2.24, 2.45) is 0 Å². The third-order valence-electron chi connectivity index (χ3n) is 3.45. The predicted octanol–water partition coefficient (Wildman–Crippen LogP) is 1.53. The van der Waals surface area contributed by atoms with Crippen LogP contribution < -0.4 is 10.6 Å². The highest BCUT2D eigenvalue weighted by Gasteiger charge is 2.25. The van der Waals surface area contributed by atoms with Gasteiger partial charge in [0.2, 0.25) is 5.91 Å². The first-order chi connectivity index (χ1) is 11.5. The van der Waals surface area contributed by atoms with Gasteiger partial charge in [-0.1, -0.05) is 15.9 Å². The van der Waals surface area contributed by atoms with Crippen LogP contribution in [0.5, 0.6) is 0 Å². The van der Waals surface area contributed by atoms with Crippen molar-refractivity contribution in [2.75, 3.05) is 25.1 Å². The molecule has 1 aromatic rings. The molecule has 0 bridgehead atoms. The third-order valence-corrected chi connectivity index (χ3v) is 3.94. The number of benzene rings is 1. The number of carbonyl (C=O) groups excluding carboxylic acids is 3. The van der Waals surface area contributed by atoms with Gasteiger partial charge in [-0.3, -0.25) is 9.59 Å². The fourth-order valence-corrected chi connectivity index (χ4v) is 2.66. The Morgan fingerprint density at radius 3 is 2.79 bits per heavy atom. The Morgan fingerprint density at radius 1 is 1.33 bits per heavy atom. The Bertz CT molecular complexity index is 629. The van der Waals surface area contributed by atoms with E-state index in [0.717, 1.165) is 16.5 Å². The van der Waals surface area contributed by atoms with Gasteiger partial charge >= 0.3 is 5.97 Å². The topological polar surface area (TPSA) is 93.7 Å². The van der Waals surface area contributed by atoms with Crippen LogP contribution in [0.15, 0.2) is 22.7 Å². The molecule has 0 unspecified atom stereocenters. The first-order valence-electron chi connectivity index (χ1n) is 7.56. The van der Waals surface area contributed by atoms with Gasteiger partial charge in [0.25, 0.3) is 5.91 Å². The van der Waals surface area contributed by atoms with Crippen LogP contribution in [-0.4, -0.2) is 43.6 Å². The highest BCUT2D eigenvalue weighted by Crippen LogP contribution is 2.19. The molecule has 1 atom stereocenters. The van der Waals surface area contributed by atoms with Gasteiger partial charge in [-0.15, -0.1) is 0 Å². The molecule has 0 spiro atoms. The number of hydrogen-bond acceptors (Lipinski definition) is 5. The molecule has 0 aliphatic carbocycles. The molecule has 1 aliphatic rings. The average molecular weight is 399 g/mol. The SMILES string of the molecule is Cc1cc(Br)ccc1NC(=O)CNC(=O)COC(=O)[C@H]1CCCO1. The van der Waals surface area contributed by atoms with Crippen LogP contribution in [0.2, 0.25) is 0 Å². The lowest BCUT2D eigenvalue weighted by Crippen LogP contribution is -2.36. The number of ether oxygens (including phenoxy) is 2. The zero-order valence-corrected chi connectivity index (χ0v) is 14.9. The molecule has 1 fully saturated rings. The van der Waals surface area contributed by atoms with Crippen molar-refractivity contribution in [1.29, 1.82) is 0 Å². The van der Waals surface area contributed by atoms with E-state index in [9.17, 15) is 14.4 Å². The molecule has 8 heteroatoms. The van der Waals surface area contributed by atoms with Crippen molar-refractivity contribution in [2.45, 2.75) is 25.9 Å². The number of amides is 2. The van der Waals surface area contributed by atoms with E-state index >= 15 is 0 Å². The van der Waals surface area contributed by atoms with E-state index in [1.165, 1.54) is 0 Å². The molecule has 2 N–H and O–H groups in total. The van der Waals surface area contributed by atoms with Crippen LogP contribution in [0, 0.1) is 6.92 Å². The number of rotatable bonds is 6. The lowest BCUT2D eigenvalue weighted by Gasteiger charge is -2.11. The minimum atomic E-state index is -0.582. The highest BCUT2D eigenvalue weighted by molar-refractivity contribution is 9.10. The summed E-state index contributed by atoms with van der Waals surface area (Å²) in [5, 5.41) is 5.10. The molecule has 7 nitrogen and oxygen atoms in total. The Hall–Kier alpha value is -1.93. The van der Waals surface area contributed by atoms with Crippen LogP contribution in [0.3, 0.4) is 0 Å². The molecular weight excluding hydrogens is 380 g/mol. The van der Waals surface area contributed by atoms with Crippen molar-refractivity contribution in [3.05, 3.63) is 28.2 Å². The molecule has 0 aromatic heterocycles. The lowest BCUT2D eigenvalue weighted by molar-refractivity contribution is -0.157. The van der Waals surface area contributed by atoms with Gasteiger partial charge in [-0.05, 0) is 43.5 Å². The molecule has 1 heterocycles. The summed E-state index contributed by atoms with van der Waals surface area (Å²) in [6, 6.07) is 5.45. The van der Waals surface area contributed by atoms with Crippen molar-refractivity contribution < 1.29 is 23.9 Å². The zero-order valence-electron chi connectivity index (χ0n) is 13.3. The summed E-state index contributed by atoms with van der Waals surface area (Å²) in [5.41, 5.74) is 1.57. The van der Waals surface area contributed by atoms with E-state index in [1.807, 2.05) is 19.1 Å². The van der Waals surface area contributed by atoms with Gasteiger partial charge < -0.3 is 20.1 Å². The van der Waals surface area contributed by atoms with Gasteiger partial charge in [-0.2, -0.15) is 0 Å². The highest BCUT2D eigenvalue weighted by atomic mass is 79.9. The summed E-state index contributed by atoms with van der Waals surface area (Å²) in [6.07, 6.45) is 0.832. The van der Waals surface area contributed by atoms with Crippen molar-refractivity contribution in [3.63, 3.8) is 0 Å². The standard InChI is InChI=1S/C16H19BrN2O5/c1-10-7-11(17)4-5-12(10)19-14(20)8-18-15(21)9-24-16(22)13-3-2-6-23-13/h4-5,7,13H,2-3,6,8-9H2,1H3,(H,18,21)(H,19,20)/t13-/m1/s1. The summed E-state index contributed by atoms with van der Waals surface area (Å²) < 4.78 is 10.9.